The minimum absolute atomic E-state index is 0.143. The Labute approximate surface area is 222 Å². The number of aryl methyl sites for hydroxylation is 1. The summed E-state index contributed by atoms with van der Waals surface area (Å²) < 4.78 is 1.84. The molecule has 3 aromatic heterocycles. The van der Waals surface area contributed by atoms with Gasteiger partial charge >= 0.3 is 0 Å². The summed E-state index contributed by atoms with van der Waals surface area (Å²) in [6, 6.07) is 23.3. The average molecular weight is 505 g/mol. The van der Waals surface area contributed by atoms with Crippen LogP contribution in [0.3, 0.4) is 0 Å². The van der Waals surface area contributed by atoms with Crippen molar-refractivity contribution < 1.29 is 4.79 Å². The Balaban J connectivity index is 1.30. The second-order valence-corrected chi connectivity index (χ2v) is 10.1. The fourth-order valence-corrected chi connectivity index (χ4v) is 5.41. The van der Waals surface area contributed by atoms with Gasteiger partial charge in [-0.15, -0.1) is 0 Å². The number of aromatic nitrogens is 4. The molecule has 2 aromatic carbocycles. The maximum Gasteiger partial charge on any atom is 0.223 e. The number of fused-ring (bicyclic) bond motifs is 3. The van der Waals surface area contributed by atoms with E-state index in [2.05, 4.69) is 74.9 Å². The molecule has 0 atom stereocenters. The van der Waals surface area contributed by atoms with Crippen molar-refractivity contribution >= 4 is 22.6 Å². The van der Waals surface area contributed by atoms with E-state index in [0.29, 0.717) is 6.54 Å². The molecule has 1 fully saturated rings. The van der Waals surface area contributed by atoms with Crippen molar-refractivity contribution in [1.82, 2.24) is 29.8 Å². The number of nitrogens with one attached hydrogen (secondary N) is 1. The highest BCUT2D eigenvalue weighted by molar-refractivity contribution is 5.90. The molecule has 0 aliphatic carbocycles. The molecule has 0 saturated carbocycles. The molecule has 7 heteroatoms. The Bertz CT molecular complexity index is 1580. The summed E-state index contributed by atoms with van der Waals surface area (Å²) in [5.41, 5.74) is 7.97. The van der Waals surface area contributed by atoms with Crippen molar-refractivity contribution in [2.24, 2.45) is 5.92 Å². The molecule has 1 saturated heterocycles. The van der Waals surface area contributed by atoms with Crippen LogP contribution in [-0.4, -0.2) is 50.0 Å². The largest absolute Gasteiger partial charge is 0.356 e. The van der Waals surface area contributed by atoms with E-state index in [-0.39, 0.29) is 11.8 Å². The number of rotatable bonds is 6. The van der Waals surface area contributed by atoms with E-state index in [9.17, 15) is 4.79 Å². The molecule has 0 radical (unpaired) electrons. The number of hydrogen-bond donors (Lipinski definition) is 1. The van der Waals surface area contributed by atoms with Crippen LogP contribution in [0.1, 0.15) is 31.0 Å². The maximum absolute atomic E-state index is 12.2. The third-order valence-electron chi connectivity index (χ3n) is 7.41. The SMILES string of the molecule is CCNC(=O)C1CCN(Cc2ccc(-c3nc4c(cnc5cc(C)nn54)cc3-c3ccccc3)cc2)CC1. The molecule has 38 heavy (non-hydrogen) atoms. The summed E-state index contributed by atoms with van der Waals surface area (Å²) in [6.07, 6.45) is 3.72. The van der Waals surface area contributed by atoms with Gasteiger partial charge in [0, 0.05) is 47.8 Å². The molecule has 0 bridgehead atoms. The predicted molar refractivity (Wildman–Crippen MR) is 151 cm³/mol. The van der Waals surface area contributed by atoms with Gasteiger partial charge in [-0.3, -0.25) is 9.69 Å². The molecule has 0 spiro atoms. The van der Waals surface area contributed by atoms with E-state index in [1.54, 1.807) is 0 Å². The number of nitrogens with zero attached hydrogens (tertiary/aromatic N) is 5. The minimum Gasteiger partial charge on any atom is -0.356 e. The van der Waals surface area contributed by atoms with Gasteiger partial charge in [0.05, 0.1) is 11.4 Å². The van der Waals surface area contributed by atoms with Crippen LogP contribution in [0.15, 0.2) is 72.9 Å². The van der Waals surface area contributed by atoms with Crippen LogP contribution >= 0.6 is 0 Å². The first-order valence-corrected chi connectivity index (χ1v) is 13.4. The van der Waals surface area contributed by atoms with Crippen molar-refractivity contribution in [2.45, 2.75) is 33.2 Å². The monoisotopic (exact) mass is 504 g/mol. The molecule has 1 aliphatic heterocycles. The lowest BCUT2D eigenvalue weighted by molar-refractivity contribution is -0.126. The van der Waals surface area contributed by atoms with Gasteiger partial charge in [0.2, 0.25) is 5.91 Å². The lowest BCUT2D eigenvalue weighted by atomic mass is 9.95. The van der Waals surface area contributed by atoms with E-state index >= 15 is 0 Å². The summed E-state index contributed by atoms with van der Waals surface area (Å²) >= 11 is 0. The number of hydrogen-bond acceptors (Lipinski definition) is 5. The van der Waals surface area contributed by atoms with Gasteiger partial charge in [-0.25, -0.2) is 9.97 Å². The zero-order valence-electron chi connectivity index (χ0n) is 21.9. The van der Waals surface area contributed by atoms with Crippen molar-refractivity contribution in [3.05, 3.63) is 84.2 Å². The zero-order valence-corrected chi connectivity index (χ0v) is 21.9. The Kier molecular flexibility index (Phi) is 6.60. The summed E-state index contributed by atoms with van der Waals surface area (Å²) in [5, 5.41) is 8.57. The predicted octanol–water partition coefficient (Wildman–Crippen LogP) is 5.27. The smallest absolute Gasteiger partial charge is 0.223 e. The number of benzene rings is 2. The van der Waals surface area contributed by atoms with Crippen LogP contribution in [0, 0.1) is 12.8 Å². The molecule has 1 N–H and O–H groups in total. The summed E-state index contributed by atoms with van der Waals surface area (Å²) in [6.45, 7) is 7.43. The van der Waals surface area contributed by atoms with Gasteiger partial charge in [-0.05, 0) is 57.0 Å². The summed E-state index contributed by atoms with van der Waals surface area (Å²) in [4.78, 5) is 24.4. The fraction of sp³-hybridized carbons (Fsp3) is 0.290. The Hall–Kier alpha value is -4.10. The highest BCUT2D eigenvalue weighted by atomic mass is 16.1. The second kappa shape index (κ2) is 10.3. The first-order valence-electron chi connectivity index (χ1n) is 13.4. The molecular formula is C31H32N6O. The Morgan fingerprint density at radius 3 is 2.50 bits per heavy atom. The number of carbonyl (C=O) groups is 1. The van der Waals surface area contributed by atoms with E-state index in [1.807, 2.05) is 36.7 Å². The van der Waals surface area contributed by atoms with Crippen LogP contribution in [0.25, 0.3) is 39.1 Å². The molecule has 192 valence electrons. The van der Waals surface area contributed by atoms with Gasteiger partial charge in [-0.1, -0.05) is 54.6 Å². The Morgan fingerprint density at radius 1 is 1.00 bits per heavy atom. The minimum atomic E-state index is 0.143. The molecule has 5 aromatic rings. The van der Waals surface area contributed by atoms with Crippen molar-refractivity contribution in [3.63, 3.8) is 0 Å². The number of carbonyl (C=O) groups excluding carboxylic acids is 1. The normalized spacial score (nSPS) is 14.8. The van der Waals surface area contributed by atoms with E-state index in [1.165, 1.54) is 5.56 Å². The van der Waals surface area contributed by atoms with Crippen LogP contribution in [0.4, 0.5) is 0 Å². The fourth-order valence-electron chi connectivity index (χ4n) is 5.41. The van der Waals surface area contributed by atoms with E-state index in [4.69, 9.17) is 4.98 Å². The first-order chi connectivity index (χ1) is 18.6. The maximum atomic E-state index is 12.2. The van der Waals surface area contributed by atoms with Gasteiger partial charge in [-0.2, -0.15) is 9.61 Å². The average Bonchev–Trinajstić information content (AvgIpc) is 3.34. The second-order valence-electron chi connectivity index (χ2n) is 10.1. The lowest BCUT2D eigenvalue weighted by Gasteiger charge is -2.31. The van der Waals surface area contributed by atoms with Crippen LogP contribution in [0.2, 0.25) is 0 Å². The van der Waals surface area contributed by atoms with E-state index < -0.39 is 0 Å². The van der Waals surface area contributed by atoms with Crippen molar-refractivity contribution in [2.75, 3.05) is 19.6 Å². The standard InChI is InChI=1S/C31H32N6O/c1-3-32-31(38)25-13-15-36(16-14-25)20-22-9-11-24(12-10-22)29-27(23-7-5-4-6-8-23)18-26-19-33-28-17-21(2)35-37(28)30(26)34-29/h4-12,17-19,25H,3,13-16,20H2,1-2H3,(H,32,38). The molecule has 7 nitrogen and oxygen atoms in total. The topological polar surface area (TPSA) is 75.4 Å². The quantitative estimate of drug-likeness (QED) is 0.341. The molecular weight excluding hydrogens is 472 g/mol. The zero-order chi connectivity index (χ0) is 26.1. The molecule has 0 unspecified atom stereocenters. The lowest BCUT2D eigenvalue weighted by Crippen LogP contribution is -2.40. The summed E-state index contributed by atoms with van der Waals surface area (Å²) in [5.74, 6) is 0.344. The Morgan fingerprint density at radius 2 is 1.76 bits per heavy atom. The molecule has 1 amide bonds. The molecule has 6 rings (SSSR count). The highest BCUT2D eigenvalue weighted by Crippen LogP contribution is 2.33. The summed E-state index contributed by atoms with van der Waals surface area (Å²) in [7, 11) is 0. The van der Waals surface area contributed by atoms with Crippen LogP contribution in [0.5, 0.6) is 0 Å². The number of likely N-dealkylation sites (tertiary alicyclic amines) is 1. The number of piperidine rings is 1. The van der Waals surface area contributed by atoms with Gasteiger partial charge in [0.25, 0.3) is 0 Å². The third-order valence-corrected chi connectivity index (χ3v) is 7.41. The van der Waals surface area contributed by atoms with Gasteiger partial charge in [0.1, 0.15) is 0 Å². The first kappa shape index (κ1) is 24.2. The number of amides is 1. The van der Waals surface area contributed by atoms with Crippen LogP contribution in [-0.2, 0) is 11.3 Å². The highest BCUT2D eigenvalue weighted by Gasteiger charge is 2.24. The van der Waals surface area contributed by atoms with E-state index in [0.717, 1.165) is 77.2 Å². The molecule has 1 aliphatic rings. The van der Waals surface area contributed by atoms with Crippen molar-refractivity contribution in [3.8, 4) is 22.4 Å². The van der Waals surface area contributed by atoms with Crippen molar-refractivity contribution in [1.29, 1.82) is 0 Å². The van der Waals surface area contributed by atoms with Gasteiger partial charge in [0.15, 0.2) is 11.3 Å². The third kappa shape index (κ3) is 4.77. The number of pyridine rings is 1. The van der Waals surface area contributed by atoms with Crippen LogP contribution < -0.4 is 5.32 Å². The van der Waals surface area contributed by atoms with Gasteiger partial charge < -0.3 is 5.32 Å². The molecule has 4 heterocycles.